The summed E-state index contributed by atoms with van der Waals surface area (Å²) in [4.78, 5) is 12.1. The van der Waals surface area contributed by atoms with Crippen LogP contribution in [0.1, 0.15) is 30.6 Å². The molecule has 6 nitrogen and oxygen atoms in total. The number of nitrogens with one attached hydrogen (secondary N) is 2. The van der Waals surface area contributed by atoms with E-state index < -0.39 is 10.0 Å². The fraction of sp³-hybridized carbons (Fsp3) is 0.533. The van der Waals surface area contributed by atoms with Crippen LogP contribution in [-0.4, -0.2) is 51.9 Å². The number of sulfonamides is 1. The average molecular weight is 364 g/mol. The molecule has 132 valence electrons. The van der Waals surface area contributed by atoms with Gasteiger partial charge in [-0.2, -0.15) is 4.31 Å². The van der Waals surface area contributed by atoms with Crippen LogP contribution in [0.4, 0.5) is 0 Å². The largest absolute Gasteiger partial charge is 0.352 e. The minimum absolute atomic E-state index is 0. The van der Waals surface area contributed by atoms with Crippen LogP contribution in [0.25, 0.3) is 0 Å². The van der Waals surface area contributed by atoms with Crippen molar-refractivity contribution in [1.82, 2.24) is 14.9 Å². The van der Waals surface area contributed by atoms with Crippen LogP contribution >= 0.6 is 12.4 Å². The maximum absolute atomic E-state index is 12.3. The summed E-state index contributed by atoms with van der Waals surface area (Å²) in [5.74, 6) is -0.192. The highest BCUT2D eigenvalue weighted by atomic mass is 35.5. The topological polar surface area (TPSA) is 78.5 Å². The number of nitrogens with zero attached hydrogens (tertiary/aromatic N) is 1. The van der Waals surface area contributed by atoms with Gasteiger partial charge in [0.2, 0.25) is 10.0 Å². The summed E-state index contributed by atoms with van der Waals surface area (Å²) < 4.78 is 26.1. The highest BCUT2D eigenvalue weighted by Gasteiger charge is 2.21. The van der Waals surface area contributed by atoms with E-state index >= 15 is 0 Å². The molecular formula is C15H26ClN3O3S. The van der Waals surface area contributed by atoms with Crippen molar-refractivity contribution < 1.29 is 13.2 Å². The zero-order chi connectivity index (χ0) is 16.6. The van der Waals surface area contributed by atoms with Crippen molar-refractivity contribution in [2.45, 2.75) is 25.2 Å². The third kappa shape index (κ3) is 6.10. The lowest BCUT2D eigenvalue weighted by molar-refractivity contribution is 0.0953. The summed E-state index contributed by atoms with van der Waals surface area (Å²) in [6.07, 6.45) is 0.844. The first-order chi connectivity index (χ1) is 10.5. The van der Waals surface area contributed by atoms with Crippen molar-refractivity contribution >= 4 is 28.3 Å². The van der Waals surface area contributed by atoms with Crippen LogP contribution in [-0.2, 0) is 10.0 Å². The van der Waals surface area contributed by atoms with Gasteiger partial charge < -0.3 is 10.6 Å². The van der Waals surface area contributed by atoms with Crippen LogP contribution in [0.5, 0.6) is 0 Å². The Morgan fingerprint density at radius 1 is 1.09 bits per heavy atom. The Balaban J connectivity index is 0.00000484. The molecule has 0 saturated heterocycles. The number of carbonyl (C=O) groups is 1. The van der Waals surface area contributed by atoms with E-state index in [1.54, 1.807) is 26.0 Å². The van der Waals surface area contributed by atoms with Gasteiger partial charge in [0.15, 0.2) is 0 Å². The molecule has 0 aliphatic rings. The number of amides is 1. The van der Waals surface area contributed by atoms with Gasteiger partial charge >= 0.3 is 0 Å². The molecule has 0 bridgehead atoms. The van der Waals surface area contributed by atoms with Gasteiger partial charge in [0, 0.05) is 25.2 Å². The van der Waals surface area contributed by atoms with Gasteiger partial charge in [-0.05, 0) is 44.3 Å². The molecule has 1 amide bonds. The molecule has 0 aliphatic heterocycles. The van der Waals surface area contributed by atoms with Crippen molar-refractivity contribution in [3.05, 3.63) is 29.8 Å². The maximum Gasteiger partial charge on any atom is 0.251 e. The number of halogens is 1. The molecule has 2 N–H and O–H groups in total. The molecule has 1 rings (SSSR count). The minimum atomic E-state index is -3.47. The molecular weight excluding hydrogens is 338 g/mol. The highest BCUT2D eigenvalue weighted by Crippen LogP contribution is 2.16. The Bertz CT molecular complexity index is 572. The second kappa shape index (κ2) is 10.6. The SMILES string of the molecule is CCN(CC)S(=O)(=O)c1ccc(C(=O)NCCCNC)cc1.Cl. The van der Waals surface area contributed by atoms with Gasteiger partial charge in [0.05, 0.1) is 4.90 Å². The van der Waals surface area contributed by atoms with E-state index in [0.29, 0.717) is 25.2 Å². The second-order valence-electron chi connectivity index (χ2n) is 4.83. The van der Waals surface area contributed by atoms with Crippen LogP contribution in [0.15, 0.2) is 29.2 Å². The number of benzene rings is 1. The molecule has 0 heterocycles. The summed E-state index contributed by atoms with van der Waals surface area (Å²) >= 11 is 0. The molecule has 23 heavy (non-hydrogen) atoms. The summed E-state index contributed by atoms with van der Waals surface area (Å²) in [6, 6.07) is 6.06. The summed E-state index contributed by atoms with van der Waals surface area (Å²) in [5.41, 5.74) is 0.461. The van der Waals surface area contributed by atoms with Gasteiger partial charge in [-0.3, -0.25) is 4.79 Å². The van der Waals surface area contributed by atoms with Gasteiger partial charge in [0.25, 0.3) is 5.91 Å². The molecule has 0 atom stereocenters. The van der Waals surface area contributed by atoms with Gasteiger partial charge in [-0.15, -0.1) is 12.4 Å². The van der Waals surface area contributed by atoms with Crippen LogP contribution < -0.4 is 10.6 Å². The average Bonchev–Trinajstić information content (AvgIpc) is 2.52. The van der Waals surface area contributed by atoms with Crippen molar-refractivity contribution in [1.29, 1.82) is 0 Å². The lowest BCUT2D eigenvalue weighted by Crippen LogP contribution is -2.30. The number of carbonyl (C=O) groups excluding carboxylic acids is 1. The monoisotopic (exact) mass is 363 g/mol. The third-order valence-electron chi connectivity index (χ3n) is 3.35. The number of hydrogen-bond donors (Lipinski definition) is 2. The fourth-order valence-electron chi connectivity index (χ4n) is 2.06. The zero-order valence-electron chi connectivity index (χ0n) is 13.8. The molecule has 0 unspecified atom stereocenters. The highest BCUT2D eigenvalue weighted by molar-refractivity contribution is 7.89. The van der Waals surface area contributed by atoms with E-state index in [1.165, 1.54) is 16.4 Å². The first-order valence-corrected chi connectivity index (χ1v) is 8.94. The molecule has 1 aromatic carbocycles. The van der Waals surface area contributed by atoms with E-state index in [-0.39, 0.29) is 23.2 Å². The normalized spacial score (nSPS) is 11.1. The molecule has 0 fully saturated rings. The Labute approximate surface area is 145 Å². The van der Waals surface area contributed by atoms with Crippen molar-refractivity contribution in [2.75, 3.05) is 33.2 Å². The first kappa shape index (κ1) is 21.9. The summed E-state index contributed by atoms with van der Waals surface area (Å²) in [6.45, 7) is 5.86. The number of rotatable bonds is 9. The molecule has 0 aromatic heterocycles. The molecule has 1 aromatic rings. The summed E-state index contributed by atoms with van der Waals surface area (Å²) in [5, 5.41) is 5.80. The Hall–Kier alpha value is -1.15. The molecule has 8 heteroatoms. The zero-order valence-corrected chi connectivity index (χ0v) is 15.5. The van der Waals surface area contributed by atoms with E-state index in [4.69, 9.17) is 0 Å². The van der Waals surface area contributed by atoms with E-state index in [1.807, 2.05) is 7.05 Å². The first-order valence-electron chi connectivity index (χ1n) is 7.50. The lowest BCUT2D eigenvalue weighted by Gasteiger charge is -2.18. The molecule has 0 saturated carbocycles. The van der Waals surface area contributed by atoms with E-state index in [2.05, 4.69) is 10.6 Å². The third-order valence-corrected chi connectivity index (χ3v) is 5.41. The van der Waals surface area contributed by atoms with Crippen molar-refractivity contribution in [2.24, 2.45) is 0 Å². The smallest absolute Gasteiger partial charge is 0.251 e. The number of hydrogen-bond acceptors (Lipinski definition) is 4. The van der Waals surface area contributed by atoms with Gasteiger partial charge in [-0.25, -0.2) is 8.42 Å². The summed E-state index contributed by atoms with van der Waals surface area (Å²) in [7, 11) is -1.62. The van der Waals surface area contributed by atoms with E-state index in [9.17, 15) is 13.2 Å². The van der Waals surface area contributed by atoms with Crippen LogP contribution in [0.2, 0.25) is 0 Å². The van der Waals surface area contributed by atoms with Gasteiger partial charge in [-0.1, -0.05) is 13.8 Å². The second-order valence-corrected chi connectivity index (χ2v) is 6.76. The Kier molecular flexibility index (Phi) is 10.1. The minimum Gasteiger partial charge on any atom is -0.352 e. The van der Waals surface area contributed by atoms with Crippen LogP contribution in [0, 0.1) is 0 Å². The molecule has 0 radical (unpaired) electrons. The lowest BCUT2D eigenvalue weighted by atomic mass is 10.2. The predicted octanol–water partition coefficient (Wildman–Crippen LogP) is 1.48. The van der Waals surface area contributed by atoms with E-state index in [0.717, 1.165) is 13.0 Å². The maximum atomic E-state index is 12.3. The standard InChI is InChI=1S/C15H25N3O3S.ClH/c1-4-18(5-2)22(20,21)14-9-7-13(8-10-14)15(19)17-12-6-11-16-3;/h7-10,16H,4-6,11-12H2,1-3H3,(H,17,19);1H. The predicted molar refractivity (Wildman–Crippen MR) is 94.7 cm³/mol. The quantitative estimate of drug-likeness (QED) is 0.651. The van der Waals surface area contributed by atoms with Crippen molar-refractivity contribution in [3.63, 3.8) is 0 Å². The van der Waals surface area contributed by atoms with Gasteiger partial charge in [0.1, 0.15) is 0 Å². The van der Waals surface area contributed by atoms with Crippen LogP contribution in [0.3, 0.4) is 0 Å². The Morgan fingerprint density at radius 2 is 1.65 bits per heavy atom. The van der Waals surface area contributed by atoms with Crippen molar-refractivity contribution in [3.8, 4) is 0 Å². The fourth-order valence-corrected chi connectivity index (χ4v) is 3.52. The molecule has 0 aliphatic carbocycles. The molecule has 0 spiro atoms. The Morgan fingerprint density at radius 3 is 2.13 bits per heavy atom.